The topological polar surface area (TPSA) is 101 Å². The summed E-state index contributed by atoms with van der Waals surface area (Å²) in [6.07, 6.45) is 5.33. The first-order valence-electron chi connectivity index (χ1n) is 10.9. The van der Waals surface area contributed by atoms with E-state index in [1.807, 2.05) is 37.3 Å². The highest BCUT2D eigenvalue weighted by atomic mass is 32.2. The van der Waals surface area contributed by atoms with Gasteiger partial charge in [0.05, 0.1) is 4.90 Å². The molecule has 1 heterocycles. The number of hydrogen-bond acceptors (Lipinski definition) is 5. The lowest BCUT2D eigenvalue weighted by atomic mass is 10.0. The van der Waals surface area contributed by atoms with Crippen LogP contribution in [0.1, 0.15) is 48.3 Å². The molecule has 1 amide bonds. The van der Waals surface area contributed by atoms with Gasteiger partial charge >= 0.3 is 0 Å². The molecule has 3 aromatic rings. The smallest absolute Gasteiger partial charge is 0.240 e. The number of hydrogen-bond donors (Lipinski definition) is 2. The molecule has 0 bridgehead atoms. The van der Waals surface area contributed by atoms with Crippen molar-refractivity contribution in [3.63, 3.8) is 0 Å². The van der Waals surface area contributed by atoms with E-state index in [0.29, 0.717) is 23.7 Å². The van der Waals surface area contributed by atoms with Gasteiger partial charge in [0, 0.05) is 12.5 Å². The summed E-state index contributed by atoms with van der Waals surface area (Å²) in [7, 11) is -3.62. The number of aromatic nitrogens is 1. The van der Waals surface area contributed by atoms with Crippen LogP contribution in [0.5, 0.6) is 0 Å². The summed E-state index contributed by atoms with van der Waals surface area (Å²) < 4.78 is 33.4. The zero-order valence-corrected chi connectivity index (χ0v) is 19.4. The zero-order chi connectivity index (χ0) is 23.4. The van der Waals surface area contributed by atoms with Gasteiger partial charge in [-0.2, -0.15) is 0 Å². The molecule has 172 valence electrons. The van der Waals surface area contributed by atoms with Crippen LogP contribution in [0.2, 0.25) is 0 Å². The normalized spacial score (nSPS) is 15.0. The Kier molecular flexibility index (Phi) is 6.76. The molecule has 1 aliphatic carbocycles. The van der Waals surface area contributed by atoms with E-state index in [2.05, 4.69) is 15.2 Å². The van der Waals surface area contributed by atoms with Crippen molar-refractivity contribution in [2.45, 2.75) is 37.5 Å². The molecule has 4 rings (SSSR count). The Morgan fingerprint density at radius 1 is 1.12 bits per heavy atom. The van der Waals surface area contributed by atoms with E-state index in [0.717, 1.165) is 24.0 Å². The Bertz CT molecular complexity index is 1240. The molecule has 8 heteroatoms. The second kappa shape index (κ2) is 9.72. The molecular formula is C25H27N3O4S. The summed E-state index contributed by atoms with van der Waals surface area (Å²) in [5.41, 5.74) is 3.05. The molecule has 0 aliphatic heterocycles. The number of sulfonamides is 1. The third-order valence-corrected chi connectivity index (χ3v) is 7.09. The highest BCUT2D eigenvalue weighted by molar-refractivity contribution is 7.89. The lowest BCUT2D eigenvalue weighted by Crippen LogP contribution is -2.27. The third kappa shape index (κ3) is 5.77. The highest BCUT2D eigenvalue weighted by Gasteiger charge is 2.30. The Balaban J connectivity index is 1.40. The molecule has 0 saturated heterocycles. The van der Waals surface area contributed by atoms with Gasteiger partial charge in [-0.3, -0.25) is 4.79 Å². The van der Waals surface area contributed by atoms with E-state index in [1.54, 1.807) is 43.3 Å². The van der Waals surface area contributed by atoms with Crippen molar-refractivity contribution in [1.29, 1.82) is 0 Å². The second-order valence-electron chi connectivity index (χ2n) is 8.34. The van der Waals surface area contributed by atoms with Gasteiger partial charge in [-0.15, -0.1) is 0 Å². The largest absolute Gasteiger partial charge is 0.354 e. The highest BCUT2D eigenvalue weighted by Crippen LogP contribution is 2.32. The van der Waals surface area contributed by atoms with E-state index < -0.39 is 10.0 Å². The fraction of sp³-hybridized carbons (Fsp3) is 0.280. The van der Waals surface area contributed by atoms with Crippen molar-refractivity contribution in [3.05, 3.63) is 77.2 Å². The predicted molar refractivity (Wildman–Crippen MR) is 128 cm³/mol. The van der Waals surface area contributed by atoms with Crippen molar-refractivity contribution >= 4 is 33.8 Å². The van der Waals surface area contributed by atoms with Crippen LogP contribution in [-0.4, -0.2) is 26.0 Å². The minimum atomic E-state index is -3.62. The number of carbonyl (C=O) groups is 1. The monoisotopic (exact) mass is 465 g/mol. The van der Waals surface area contributed by atoms with Crippen molar-refractivity contribution < 1.29 is 17.7 Å². The van der Waals surface area contributed by atoms with Gasteiger partial charge < -0.3 is 9.84 Å². The first-order valence-corrected chi connectivity index (χ1v) is 12.4. The van der Waals surface area contributed by atoms with Gasteiger partial charge in [0.25, 0.3) is 0 Å². The van der Waals surface area contributed by atoms with E-state index in [1.165, 1.54) is 0 Å². The molecule has 1 unspecified atom stereocenters. The minimum absolute atomic E-state index is 0.0143. The molecule has 1 saturated carbocycles. The lowest BCUT2D eigenvalue weighted by Gasteiger charge is -2.13. The average molecular weight is 466 g/mol. The quantitative estimate of drug-likeness (QED) is 0.482. The zero-order valence-electron chi connectivity index (χ0n) is 18.6. The van der Waals surface area contributed by atoms with Crippen LogP contribution in [0, 0.1) is 12.8 Å². The Morgan fingerprint density at radius 3 is 2.48 bits per heavy atom. The van der Waals surface area contributed by atoms with Gasteiger partial charge in [0.1, 0.15) is 11.4 Å². The van der Waals surface area contributed by atoms with Crippen LogP contribution in [0.4, 0.5) is 5.69 Å². The standard InChI is InChI=1S/C25H27N3O4S/c1-17(20-6-4-3-5-7-20)16-26-33(30,31)22-13-8-19(9-14-22)10-15-23-24(18(2)28-32-23)27-25(29)21-11-12-21/h3-10,13-15,17,21,26H,11-12,16H2,1-2H3,(H,27,29). The molecule has 2 aromatic carbocycles. The molecule has 1 aliphatic rings. The Hall–Kier alpha value is -3.23. The SMILES string of the molecule is Cc1noc(C=Cc2ccc(S(=O)(=O)NCC(C)c3ccccc3)cc2)c1NC(=O)C1CC1. The van der Waals surface area contributed by atoms with E-state index in [4.69, 9.17) is 4.52 Å². The number of aryl methyl sites for hydroxylation is 1. The number of anilines is 1. The van der Waals surface area contributed by atoms with Crippen LogP contribution in [-0.2, 0) is 14.8 Å². The fourth-order valence-corrected chi connectivity index (χ4v) is 4.50. The maximum Gasteiger partial charge on any atom is 0.240 e. The molecule has 33 heavy (non-hydrogen) atoms. The van der Waals surface area contributed by atoms with Crippen molar-refractivity contribution in [2.75, 3.05) is 11.9 Å². The van der Waals surface area contributed by atoms with Crippen molar-refractivity contribution in [2.24, 2.45) is 5.92 Å². The molecule has 0 radical (unpaired) electrons. The predicted octanol–water partition coefficient (Wildman–Crippen LogP) is 4.58. The molecular weight excluding hydrogens is 438 g/mol. The lowest BCUT2D eigenvalue weighted by molar-refractivity contribution is -0.117. The van der Waals surface area contributed by atoms with Crippen LogP contribution in [0.3, 0.4) is 0 Å². The van der Waals surface area contributed by atoms with Crippen LogP contribution >= 0.6 is 0 Å². The van der Waals surface area contributed by atoms with Crippen LogP contribution in [0.15, 0.2) is 64.0 Å². The maximum atomic E-state index is 12.7. The number of nitrogens with one attached hydrogen (secondary N) is 2. The second-order valence-corrected chi connectivity index (χ2v) is 10.1. The fourth-order valence-electron chi connectivity index (χ4n) is 3.37. The summed E-state index contributed by atoms with van der Waals surface area (Å²) in [5.74, 6) is 0.576. The first-order chi connectivity index (χ1) is 15.8. The minimum Gasteiger partial charge on any atom is -0.354 e. The molecule has 1 fully saturated rings. The first kappa shape index (κ1) is 22.9. The number of benzene rings is 2. The van der Waals surface area contributed by atoms with Gasteiger partial charge in [-0.1, -0.05) is 60.6 Å². The van der Waals surface area contributed by atoms with E-state index in [9.17, 15) is 13.2 Å². The molecule has 7 nitrogen and oxygen atoms in total. The summed E-state index contributed by atoms with van der Waals surface area (Å²) in [6, 6.07) is 16.4. The van der Waals surface area contributed by atoms with Gasteiger partial charge in [-0.05, 0) is 55.0 Å². The van der Waals surface area contributed by atoms with E-state index >= 15 is 0 Å². The average Bonchev–Trinajstić information content (AvgIpc) is 3.62. The Labute approximate surface area is 193 Å². The van der Waals surface area contributed by atoms with Crippen molar-refractivity contribution in [3.8, 4) is 0 Å². The summed E-state index contributed by atoms with van der Waals surface area (Å²) >= 11 is 0. The Morgan fingerprint density at radius 2 is 1.82 bits per heavy atom. The van der Waals surface area contributed by atoms with Gasteiger partial charge in [-0.25, -0.2) is 13.1 Å². The summed E-state index contributed by atoms with van der Waals surface area (Å²) in [5, 5.41) is 6.82. The third-order valence-electron chi connectivity index (χ3n) is 5.65. The van der Waals surface area contributed by atoms with Gasteiger partial charge in [0.15, 0.2) is 5.76 Å². The molecule has 1 atom stereocenters. The van der Waals surface area contributed by atoms with E-state index in [-0.39, 0.29) is 22.6 Å². The molecule has 0 spiro atoms. The van der Waals surface area contributed by atoms with Gasteiger partial charge in [0.2, 0.25) is 15.9 Å². The molecule has 1 aromatic heterocycles. The number of rotatable bonds is 9. The number of amides is 1. The maximum absolute atomic E-state index is 12.7. The van der Waals surface area contributed by atoms with Crippen LogP contribution in [0.25, 0.3) is 12.2 Å². The summed E-state index contributed by atoms with van der Waals surface area (Å²) in [6.45, 7) is 4.07. The number of nitrogens with zero attached hydrogens (tertiary/aromatic N) is 1. The number of carbonyl (C=O) groups excluding carboxylic acids is 1. The van der Waals surface area contributed by atoms with Crippen molar-refractivity contribution in [1.82, 2.24) is 9.88 Å². The van der Waals surface area contributed by atoms with Crippen LogP contribution < -0.4 is 10.0 Å². The molecule has 2 N–H and O–H groups in total. The summed E-state index contributed by atoms with van der Waals surface area (Å²) in [4.78, 5) is 12.3.